The van der Waals surface area contributed by atoms with Crippen molar-refractivity contribution in [1.82, 2.24) is 19.5 Å². The van der Waals surface area contributed by atoms with Crippen molar-refractivity contribution in [3.63, 3.8) is 0 Å². The van der Waals surface area contributed by atoms with Crippen molar-refractivity contribution in [2.75, 3.05) is 11.9 Å². The highest BCUT2D eigenvalue weighted by Gasteiger charge is 2.24. The quantitative estimate of drug-likeness (QED) is 0.770. The average molecular weight is 311 g/mol. The fraction of sp³-hybridized carbons (Fsp3) is 0.312. The highest BCUT2D eigenvalue weighted by Crippen LogP contribution is 2.30. The zero-order chi connectivity index (χ0) is 15.6. The lowest BCUT2D eigenvalue weighted by atomic mass is 10.2. The SMILES string of the molecule is Oc1ccc(CNc2nc3cncnc3n2C2CCCO2)cc1. The monoisotopic (exact) mass is 311 g/mol. The number of hydrogen-bond acceptors (Lipinski definition) is 6. The molecule has 1 unspecified atom stereocenters. The Morgan fingerprint density at radius 1 is 1.30 bits per heavy atom. The predicted molar refractivity (Wildman–Crippen MR) is 85.0 cm³/mol. The number of aromatic hydroxyl groups is 1. The number of fused-ring (bicyclic) bond motifs is 1. The molecule has 118 valence electrons. The largest absolute Gasteiger partial charge is 0.508 e. The van der Waals surface area contributed by atoms with E-state index in [1.165, 1.54) is 6.33 Å². The van der Waals surface area contributed by atoms with Crippen molar-refractivity contribution in [3.05, 3.63) is 42.4 Å². The van der Waals surface area contributed by atoms with E-state index in [2.05, 4.69) is 20.3 Å². The van der Waals surface area contributed by atoms with E-state index in [0.29, 0.717) is 6.54 Å². The van der Waals surface area contributed by atoms with Crippen molar-refractivity contribution in [3.8, 4) is 5.75 Å². The normalized spacial score (nSPS) is 17.7. The number of imidazole rings is 1. The number of phenols is 1. The first-order chi connectivity index (χ1) is 11.3. The van der Waals surface area contributed by atoms with Crippen LogP contribution in [0.4, 0.5) is 5.95 Å². The topological polar surface area (TPSA) is 85.1 Å². The smallest absolute Gasteiger partial charge is 0.207 e. The van der Waals surface area contributed by atoms with Gasteiger partial charge in [-0.1, -0.05) is 12.1 Å². The Balaban J connectivity index is 1.65. The van der Waals surface area contributed by atoms with Crippen molar-refractivity contribution in [1.29, 1.82) is 0 Å². The van der Waals surface area contributed by atoms with Crippen LogP contribution < -0.4 is 5.32 Å². The lowest BCUT2D eigenvalue weighted by Crippen LogP contribution is -2.13. The van der Waals surface area contributed by atoms with Gasteiger partial charge in [-0.05, 0) is 30.5 Å². The summed E-state index contributed by atoms with van der Waals surface area (Å²) >= 11 is 0. The van der Waals surface area contributed by atoms with E-state index in [1.807, 2.05) is 16.7 Å². The van der Waals surface area contributed by atoms with E-state index < -0.39 is 0 Å². The Kier molecular flexibility index (Phi) is 3.55. The molecule has 0 radical (unpaired) electrons. The Labute approximate surface area is 133 Å². The minimum absolute atomic E-state index is 0.0442. The van der Waals surface area contributed by atoms with Gasteiger partial charge in [0.25, 0.3) is 0 Å². The summed E-state index contributed by atoms with van der Waals surface area (Å²) in [4.78, 5) is 13.0. The lowest BCUT2D eigenvalue weighted by Gasteiger charge is -2.16. The summed E-state index contributed by atoms with van der Waals surface area (Å²) in [5.41, 5.74) is 2.58. The molecule has 0 saturated carbocycles. The van der Waals surface area contributed by atoms with E-state index in [4.69, 9.17) is 4.74 Å². The molecule has 23 heavy (non-hydrogen) atoms. The van der Waals surface area contributed by atoms with Crippen molar-refractivity contribution in [2.24, 2.45) is 0 Å². The van der Waals surface area contributed by atoms with Gasteiger partial charge >= 0.3 is 0 Å². The van der Waals surface area contributed by atoms with E-state index >= 15 is 0 Å². The van der Waals surface area contributed by atoms with Gasteiger partial charge in [0.2, 0.25) is 5.95 Å². The second-order valence-corrected chi connectivity index (χ2v) is 5.52. The summed E-state index contributed by atoms with van der Waals surface area (Å²) in [6.45, 7) is 1.36. The lowest BCUT2D eigenvalue weighted by molar-refractivity contribution is 0.0608. The van der Waals surface area contributed by atoms with Gasteiger partial charge in [-0.15, -0.1) is 0 Å². The number of ether oxygens (including phenoxy) is 1. The summed E-state index contributed by atoms with van der Waals surface area (Å²) in [6.07, 6.45) is 5.17. The van der Waals surface area contributed by atoms with Crippen LogP contribution in [-0.2, 0) is 11.3 Å². The molecule has 4 rings (SSSR count). The van der Waals surface area contributed by atoms with Crippen LogP contribution in [0.25, 0.3) is 11.2 Å². The highest BCUT2D eigenvalue weighted by atomic mass is 16.5. The van der Waals surface area contributed by atoms with Gasteiger partial charge < -0.3 is 15.2 Å². The van der Waals surface area contributed by atoms with E-state index in [-0.39, 0.29) is 12.0 Å². The molecule has 1 aliphatic heterocycles. The second kappa shape index (κ2) is 5.85. The van der Waals surface area contributed by atoms with Gasteiger partial charge in [-0.3, -0.25) is 4.57 Å². The summed E-state index contributed by atoms with van der Waals surface area (Å²) in [5, 5.41) is 12.7. The zero-order valence-corrected chi connectivity index (χ0v) is 12.5. The molecular formula is C16H17N5O2. The van der Waals surface area contributed by atoms with Gasteiger partial charge in [0.1, 0.15) is 23.8 Å². The van der Waals surface area contributed by atoms with Crippen LogP contribution in [0.1, 0.15) is 24.6 Å². The van der Waals surface area contributed by atoms with Crippen molar-refractivity contribution < 1.29 is 9.84 Å². The molecule has 2 aromatic heterocycles. The molecule has 3 aromatic rings. The number of hydrogen-bond donors (Lipinski definition) is 2. The third-order valence-corrected chi connectivity index (χ3v) is 3.94. The Morgan fingerprint density at radius 2 is 2.17 bits per heavy atom. The van der Waals surface area contributed by atoms with Gasteiger partial charge in [0.05, 0.1) is 6.20 Å². The van der Waals surface area contributed by atoms with Crippen LogP contribution in [0.15, 0.2) is 36.8 Å². The van der Waals surface area contributed by atoms with Crippen LogP contribution in [0, 0.1) is 0 Å². The number of aromatic nitrogens is 4. The summed E-state index contributed by atoms with van der Waals surface area (Å²) in [7, 11) is 0. The van der Waals surface area contributed by atoms with Crippen LogP contribution in [0.2, 0.25) is 0 Å². The van der Waals surface area contributed by atoms with Gasteiger partial charge in [0.15, 0.2) is 5.65 Å². The Bertz CT molecular complexity index is 809. The molecule has 7 nitrogen and oxygen atoms in total. The first kappa shape index (κ1) is 14.0. The number of rotatable bonds is 4. The van der Waals surface area contributed by atoms with E-state index in [1.54, 1.807) is 18.3 Å². The molecule has 1 fully saturated rings. The number of nitrogens with zero attached hydrogens (tertiary/aromatic N) is 4. The zero-order valence-electron chi connectivity index (χ0n) is 12.5. The van der Waals surface area contributed by atoms with Crippen LogP contribution in [-0.4, -0.2) is 31.2 Å². The van der Waals surface area contributed by atoms with Gasteiger partial charge in [0, 0.05) is 13.2 Å². The van der Waals surface area contributed by atoms with Crippen LogP contribution in [0.3, 0.4) is 0 Å². The molecule has 2 N–H and O–H groups in total. The molecule has 1 atom stereocenters. The fourth-order valence-corrected chi connectivity index (χ4v) is 2.81. The molecule has 0 amide bonds. The molecule has 0 aliphatic carbocycles. The molecule has 0 bridgehead atoms. The molecule has 1 aliphatic rings. The first-order valence-electron chi connectivity index (χ1n) is 7.62. The fourth-order valence-electron chi connectivity index (χ4n) is 2.81. The molecule has 1 saturated heterocycles. The predicted octanol–water partition coefficient (Wildman–Crippen LogP) is 2.45. The van der Waals surface area contributed by atoms with Gasteiger partial charge in [-0.2, -0.15) is 0 Å². The average Bonchev–Trinajstić information content (AvgIpc) is 3.21. The maximum absolute atomic E-state index is 9.36. The third kappa shape index (κ3) is 2.70. The van der Waals surface area contributed by atoms with Crippen LogP contribution >= 0.6 is 0 Å². The second-order valence-electron chi connectivity index (χ2n) is 5.52. The van der Waals surface area contributed by atoms with Crippen molar-refractivity contribution >= 4 is 17.1 Å². The first-order valence-corrected chi connectivity index (χ1v) is 7.62. The number of benzene rings is 1. The van der Waals surface area contributed by atoms with Gasteiger partial charge in [-0.25, -0.2) is 15.0 Å². The third-order valence-electron chi connectivity index (χ3n) is 3.94. The van der Waals surface area contributed by atoms with Crippen LogP contribution in [0.5, 0.6) is 5.75 Å². The molecule has 7 heteroatoms. The minimum Gasteiger partial charge on any atom is -0.508 e. The summed E-state index contributed by atoms with van der Waals surface area (Å²) < 4.78 is 7.81. The number of anilines is 1. The summed E-state index contributed by atoms with van der Waals surface area (Å²) in [6, 6.07) is 7.10. The standard InChI is InChI=1S/C16H17N5O2/c22-12-5-3-11(4-6-12)8-18-16-20-13-9-17-10-19-15(13)21(16)14-2-1-7-23-14/h3-6,9-10,14,22H,1-2,7-8H2,(H,18,20). The summed E-state index contributed by atoms with van der Waals surface area (Å²) in [5.74, 6) is 0.982. The van der Waals surface area contributed by atoms with E-state index in [0.717, 1.165) is 42.1 Å². The molecule has 1 aromatic carbocycles. The molecule has 0 spiro atoms. The Hall–Kier alpha value is -2.67. The maximum atomic E-state index is 9.36. The Morgan fingerprint density at radius 3 is 2.96 bits per heavy atom. The molecule has 3 heterocycles. The van der Waals surface area contributed by atoms with E-state index in [9.17, 15) is 5.11 Å². The number of phenolic OH excluding ortho intramolecular Hbond substituents is 1. The highest BCUT2D eigenvalue weighted by molar-refractivity contribution is 5.73. The molecular weight excluding hydrogens is 294 g/mol. The number of nitrogens with one attached hydrogen (secondary N) is 1. The van der Waals surface area contributed by atoms with Crippen molar-refractivity contribution in [2.45, 2.75) is 25.6 Å². The maximum Gasteiger partial charge on any atom is 0.207 e. The minimum atomic E-state index is -0.0442.